The van der Waals surface area contributed by atoms with Gasteiger partial charge >= 0.3 is 0 Å². The molecule has 1 atom stereocenters. The van der Waals surface area contributed by atoms with Crippen LogP contribution < -0.4 is 5.32 Å². The van der Waals surface area contributed by atoms with Crippen LogP contribution in [0.3, 0.4) is 0 Å². The number of ether oxygens (including phenoxy) is 1. The van der Waals surface area contributed by atoms with Crippen LogP contribution in [0.5, 0.6) is 0 Å². The van der Waals surface area contributed by atoms with Gasteiger partial charge < -0.3 is 10.1 Å². The van der Waals surface area contributed by atoms with Crippen LogP contribution in [0.15, 0.2) is 67.2 Å². The Morgan fingerprint density at radius 3 is 2.25 bits per heavy atom. The molecule has 2 aromatic carbocycles. The highest BCUT2D eigenvalue weighted by molar-refractivity contribution is 5.64. The van der Waals surface area contributed by atoms with E-state index >= 15 is 0 Å². The smallest absolute Gasteiger partial charge is 0.198 e. The lowest BCUT2D eigenvalue weighted by Gasteiger charge is -2.11. The van der Waals surface area contributed by atoms with Crippen molar-refractivity contribution in [2.75, 3.05) is 0 Å². The predicted molar refractivity (Wildman–Crippen MR) is 85.0 cm³/mol. The first kappa shape index (κ1) is 14.4. The third-order valence-corrected chi connectivity index (χ3v) is 3.76. The number of halogens is 2. The van der Waals surface area contributed by atoms with Gasteiger partial charge in [0.05, 0.1) is 11.3 Å². The maximum atomic E-state index is 13.2. The molecule has 0 radical (unpaired) electrons. The zero-order valence-corrected chi connectivity index (χ0v) is 12.5. The molecule has 4 nitrogen and oxygen atoms in total. The highest BCUT2D eigenvalue weighted by Crippen LogP contribution is 2.30. The molecule has 4 rings (SSSR count). The number of hydrogen-bond donors (Lipinski definition) is 1. The summed E-state index contributed by atoms with van der Waals surface area (Å²) in [7, 11) is 0. The second kappa shape index (κ2) is 5.81. The van der Waals surface area contributed by atoms with Gasteiger partial charge in [0.1, 0.15) is 23.6 Å². The van der Waals surface area contributed by atoms with Crippen molar-refractivity contribution in [2.24, 2.45) is 0 Å². The largest absolute Gasteiger partial charge is 0.472 e. The lowest BCUT2D eigenvalue weighted by Crippen LogP contribution is -2.11. The van der Waals surface area contributed by atoms with Crippen molar-refractivity contribution in [3.05, 3.63) is 84.4 Å². The highest BCUT2D eigenvalue weighted by atomic mass is 19.1. The fourth-order valence-electron chi connectivity index (χ4n) is 2.58. The molecule has 1 aliphatic heterocycles. The molecule has 0 saturated heterocycles. The number of aromatic nitrogens is 2. The Morgan fingerprint density at radius 1 is 0.958 bits per heavy atom. The number of nitrogens with one attached hydrogen (secondary N) is 1. The maximum absolute atomic E-state index is 13.2. The van der Waals surface area contributed by atoms with Crippen molar-refractivity contribution in [3.63, 3.8) is 0 Å². The molecule has 2 heterocycles. The second-order valence-corrected chi connectivity index (χ2v) is 5.35. The lowest BCUT2D eigenvalue weighted by molar-refractivity contribution is 0.155. The van der Waals surface area contributed by atoms with E-state index in [0.717, 1.165) is 16.8 Å². The van der Waals surface area contributed by atoms with Crippen LogP contribution in [-0.4, -0.2) is 9.78 Å². The molecule has 120 valence electrons. The monoisotopic (exact) mass is 325 g/mol. The predicted octanol–water partition coefficient (Wildman–Crippen LogP) is 3.91. The Balaban J connectivity index is 1.81. The first-order chi connectivity index (χ1) is 11.7. The summed E-state index contributed by atoms with van der Waals surface area (Å²) in [6.45, 7) is 0. The molecule has 0 spiro atoms. The normalized spacial score (nSPS) is 16.0. The van der Waals surface area contributed by atoms with E-state index in [0.29, 0.717) is 5.69 Å². The summed E-state index contributed by atoms with van der Waals surface area (Å²) in [5.74, 6) is -0.620. The number of benzene rings is 2. The van der Waals surface area contributed by atoms with Crippen molar-refractivity contribution in [3.8, 4) is 16.9 Å². The van der Waals surface area contributed by atoms with Crippen LogP contribution in [0.2, 0.25) is 0 Å². The zero-order valence-electron chi connectivity index (χ0n) is 12.5. The third kappa shape index (κ3) is 2.62. The first-order valence-corrected chi connectivity index (χ1v) is 7.39. The minimum atomic E-state index is -0.376. The quantitative estimate of drug-likeness (QED) is 0.793. The fraction of sp³-hybridized carbons (Fsp3) is 0.0556. The van der Waals surface area contributed by atoms with E-state index in [9.17, 15) is 8.78 Å². The van der Waals surface area contributed by atoms with Crippen LogP contribution >= 0.6 is 0 Å². The molecule has 0 fully saturated rings. The van der Waals surface area contributed by atoms with E-state index < -0.39 is 0 Å². The molecule has 0 amide bonds. The number of hydrogen-bond acceptors (Lipinski definition) is 3. The Morgan fingerprint density at radius 2 is 1.62 bits per heavy atom. The van der Waals surface area contributed by atoms with E-state index in [1.807, 2.05) is 6.20 Å². The van der Waals surface area contributed by atoms with Crippen LogP contribution in [0.1, 0.15) is 11.8 Å². The molecule has 0 bridgehead atoms. The second-order valence-electron chi connectivity index (χ2n) is 5.35. The van der Waals surface area contributed by atoms with Crippen LogP contribution in [0, 0.1) is 11.6 Å². The van der Waals surface area contributed by atoms with E-state index in [-0.39, 0.29) is 17.9 Å². The summed E-state index contributed by atoms with van der Waals surface area (Å²) < 4.78 is 33.5. The molecule has 1 N–H and O–H groups in total. The van der Waals surface area contributed by atoms with Gasteiger partial charge in [0.2, 0.25) is 0 Å². The van der Waals surface area contributed by atoms with E-state index in [4.69, 9.17) is 4.74 Å². The molecule has 1 aliphatic rings. The summed E-state index contributed by atoms with van der Waals surface area (Å²) >= 11 is 0. The molecule has 1 unspecified atom stereocenters. The molecular weight excluding hydrogens is 312 g/mol. The summed E-state index contributed by atoms with van der Waals surface area (Å²) in [4.78, 5) is 0. The van der Waals surface area contributed by atoms with E-state index in [1.165, 1.54) is 24.3 Å². The molecule has 0 aliphatic carbocycles. The average Bonchev–Trinajstić information content (AvgIpc) is 3.25. The first-order valence-electron chi connectivity index (χ1n) is 7.39. The van der Waals surface area contributed by atoms with Gasteiger partial charge in [0, 0.05) is 18.0 Å². The van der Waals surface area contributed by atoms with Gasteiger partial charge in [-0.1, -0.05) is 0 Å². The van der Waals surface area contributed by atoms with Crippen molar-refractivity contribution in [2.45, 2.75) is 6.23 Å². The van der Waals surface area contributed by atoms with Gasteiger partial charge in [0.25, 0.3) is 0 Å². The SMILES string of the molecule is Fc1ccc(-c2nn(-c3ccc(F)cc3)cc2C2NC=CO2)cc1. The zero-order chi connectivity index (χ0) is 16.5. The third-order valence-electron chi connectivity index (χ3n) is 3.76. The minimum absolute atomic E-state index is 0.310. The lowest BCUT2D eigenvalue weighted by atomic mass is 10.1. The van der Waals surface area contributed by atoms with Gasteiger partial charge in [-0.2, -0.15) is 5.10 Å². The van der Waals surface area contributed by atoms with Crippen LogP contribution in [-0.2, 0) is 4.74 Å². The van der Waals surface area contributed by atoms with Crippen molar-refractivity contribution in [1.29, 1.82) is 0 Å². The molecular formula is C18H13F2N3O. The van der Waals surface area contributed by atoms with Crippen molar-refractivity contribution < 1.29 is 13.5 Å². The fourth-order valence-corrected chi connectivity index (χ4v) is 2.58. The summed E-state index contributed by atoms with van der Waals surface area (Å²) in [5.41, 5.74) is 2.96. The minimum Gasteiger partial charge on any atom is -0.472 e. The average molecular weight is 325 g/mol. The molecule has 6 heteroatoms. The molecule has 1 aromatic heterocycles. The van der Waals surface area contributed by atoms with Gasteiger partial charge in [-0.05, 0) is 48.5 Å². The summed E-state index contributed by atoms with van der Waals surface area (Å²) in [6.07, 6.45) is 4.71. The Labute approximate surface area is 137 Å². The van der Waals surface area contributed by atoms with E-state index in [2.05, 4.69) is 10.4 Å². The van der Waals surface area contributed by atoms with Gasteiger partial charge in [0.15, 0.2) is 6.23 Å². The van der Waals surface area contributed by atoms with Crippen molar-refractivity contribution in [1.82, 2.24) is 15.1 Å². The maximum Gasteiger partial charge on any atom is 0.198 e. The van der Waals surface area contributed by atoms with Crippen LogP contribution in [0.4, 0.5) is 8.78 Å². The molecule has 0 saturated carbocycles. The summed E-state index contributed by atoms with van der Waals surface area (Å²) in [6, 6.07) is 12.1. The van der Waals surface area contributed by atoms with Crippen molar-refractivity contribution >= 4 is 0 Å². The Kier molecular flexibility index (Phi) is 3.49. The number of rotatable bonds is 3. The molecule has 24 heavy (non-hydrogen) atoms. The van der Waals surface area contributed by atoms with Gasteiger partial charge in [-0.25, -0.2) is 13.5 Å². The van der Waals surface area contributed by atoms with Gasteiger partial charge in [-0.15, -0.1) is 0 Å². The highest BCUT2D eigenvalue weighted by Gasteiger charge is 2.22. The summed E-state index contributed by atoms with van der Waals surface area (Å²) in [5, 5.41) is 7.66. The Bertz CT molecular complexity index is 878. The van der Waals surface area contributed by atoms with E-state index in [1.54, 1.807) is 41.4 Å². The topological polar surface area (TPSA) is 39.1 Å². The Hall–Kier alpha value is -3.15. The number of nitrogens with zero attached hydrogens (tertiary/aromatic N) is 2. The molecule has 3 aromatic rings. The van der Waals surface area contributed by atoms with Gasteiger partial charge in [-0.3, -0.25) is 0 Å². The standard InChI is InChI=1S/C18H13F2N3O/c19-13-3-1-12(2-4-13)17-16(18-21-9-10-24-18)11-23(22-17)15-7-5-14(20)6-8-15/h1-11,18,21H. The van der Waals surface area contributed by atoms with Crippen LogP contribution in [0.25, 0.3) is 16.9 Å².